The van der Waals surface area contributed by atoms with Crippen LogP contribution in [0.1, 0.15) is 42.6 Å². The zero-order valence-corrected chi connectivity index (χ0v) is 11.4. The number of hydrogen-bond donors (Lipinski definition) is 1. The number of likely N-dealkylation sites (tertiary alicyclic amines) is 1. The van der Waals surface area contributed by atoms with Crippen molar-refractivity contribution in [2.75, 3.05) is 12.3 Å². The Hall–Kier alpha value is -1.51. The van der Waals surface area contributed by atoms with Crippen molar-refractivity contribution in [2.24, 2.45) is 5.92 Å². The monoisotopic (exact) mass is 246 g/mol. The standard InChI is InChI=1S/C15H22N2O/c1-10-4-6-12(3)17(9-10)15(18)13-7-5-11(2)14(16)8-13/h5,7-8,10,12H,4,6,9,16H2,1-3H3. The van der Waals surface area contributed by atoms with Crippen molar-refractivity contribution >= 4 is 11.6 Å². The molecule has 1 aromatic carbocycles. The van der Waals surface area contributed by atoms with Crippen molar-refractivity contribution in [3.63, 3.8) is 0 Å². The van der Waals surface area contributed by atoms with E-state index in [2.05, 4.69) is 13.8 Å². The molecule has 2 rings (SSSR count). The largest absolute Gasteiger partial charge is 0.398 e. The van der Waals surface area contributed by atoms with Gasteiger partial charge in [-0.05, 0) is 50.3 Å². The molecule has 0 radical (unpaired) electrons. The van der Waals surface area contributed by atoms with E-state index < -0.39 is 0 Å². The van der Waals surface area contributed by atoms with Crippen LogP contribution in [-0.4, -0.2) is 23.4 Å². The maximum absolute atomic E-state index is 12.5. The summed E-state index contributed by atoms with van der Waals surface area (Å²) in [5.74, 6) is 0.702. The van der Waals surface area contributed by atoms with Gasteiger partial charge in [0.25, 0.3) is 5.91 Å². The Morgan fingerprint density at radius 3 is 2.72 bits per heavy atom. The minimum atomic E-state index is 0.112. The highest BCUT2D eigenvalue weighted by Gasteiger charge is 2.27. The topological polar surface area (TPSA) is 46.3 Å². The minimum absolute atomic E-state index is 0.112. The van der Waals surface area contributed by atoms with Crippen LogP contribution in [0.4, 0.5) is 5.69 Å². The van der Waals surface area contributed by atoms with Crippen molar-refractivity contribution in [2.45, 2.75) is 39.7 Å². The predicted molar refractivity (Wildman–Crippen MR) is 74.5 cm³/mol. The van der Waals surface area contributed by atoms with Gasteiger partial charge in [-0.1, -0.05) is 13.0 Å². The molecule has 1 aliphatic rings. The Kier molecular flexibility index (Phi) is 3.60. The Bertz CT molecular complexity index is 456. The fourth-order valence-corrected chi connectivity index (χ4v) is 2.51. The van der Waals surface area contributed by atoms with Crippen LogP contribution in [0.25, 0.3) is 0 Å². The van der Waals surface area contributed by atoms with Gasteiger partial charge in [0.1, 0.15) is 0 Å². The number of amides is 1. The number of nitrogens with zero attached hydrogens (tertiary/aromatic N) is 1. The van der Waals surface area contributed by atoms with Crippen molar-refractivity contribution in [1.29, 1.82) is 0 Å². The lowest BCUT2D eigenvalue weighted by Crippen LogP contribution is -2.44. The van der Waals surface area contributed by atoms with Crippen molar-refractivity contribution < 1.29 is 4.79 Å². The lowest BCUT2D eigenvalue weighted by atomic mass is 9.94. The van der Waals surface area contributed by atoms with Gasteiger partial charge in [-0.2, -0.15) is 0 Å². The molecule has 0 spiro atoms. The lowest BCUT2D eigenvalue weighted by Gasteiger charge is -2.37. The fraction of sp³-hybridized carbons (Fsp3) is 0.533. The molecule has 1 heterocycles. The normalized spacial score (nSPS) is 24.1. The first kappa shape index (κ1) is 12.9. The number of benzene rings is 1. The first-order valence-corrected chi connectivity index (χ1v) is 6.66. The molecule has 1 aliphatic heterocycles. The molecule has 0 saturated carbocycles. The first-order valence-electron chi connectivity index (χ1n) is 6.66. The van der Waals surface area contributed by atoms with Gasteiger partial charge in [-0.3, -0.25) is 4.79 Å². The molecule has 2 unspecified atom stereocenters. The van der Waals surface area contributed by atoms with E-state index in [0.717, 1.165) is 18.5 Å². The molecule has 3 nitrogen and oxygen atoms in total. The third-order valence-electron chi connectivity index (χ3n) is 3.90. The van der Waals surface area contributed by atoms with Gasteiger partial charge < -0.3 is 10.6 Å². The fourth-order valence-electron chi connectivity index (χ4n) is 2.51. The van der Waals surface area contributed by atoms with Crippen LogP contribution >= 0.6 is 0 Å². The van der Waals surface area contributed by atoms with Gasteiger partial charge >= 0.3 is 0 Å². The zero-order chi connectivity index (χ0) is 13.3. The number of rotatable bonds is 1. The summed E-state index contributed by atoms with van der Waals surface area (Å²) in [6.07, 6.45) is 2.30. The van der Waals surface area contributed by atoms with Gasteiger partial charge in [-0.15, -0.1) is 0 Å². The van der Waals surface area contributed by atoms with E-state index in [4.69, 9.17) is 5.73 Å². The zero-order valence-electron chi connectivity index (χ0n) is 11.4. The second-order valence-electron chi connectivity index (χ2n) is 5.56. The quantitative estimate of drug-likeness (QED) is 0.774. The molecule has 2 atom stereocenters. The summed E-state index contributed by atoms with van der Waals surface area (Å²) in [6, 6.07) is 5.92. The molecule has 1 saturated heterocycles. The number of nitrogen functional groups attached to an aromatic ring is 1. The third-order valence-corrected chi connectivity index (χ3v) is 3.90. The molecular formula is C15H22N2O. The summed E-state index contributed by atoms with van der Waals surface area (Å²) in [7, 11) is 0. The molecule has 1 amide bonds. The number of anilines is 1. The van der Waals surface area contributed by atoms with E-state index >= 15 is 0 Å². The van der Waals surface area contributed by atoms with E-state index in [1.165, 1.54) is 6.42 Å². The third kappa shape index (κ3) is 2.50. The Morgan fingerprint density at radius 1 is 1.33 bits per heavy atom. The van der Waals surface area contributed by atoms with Gasteiger partial charge in [-0.25, -0.2) is 0 Å². The smallest absolute Gasteiger partial charge is 0.254 e. The first-order chi connectivity index (χ1) is 8.49. The van der Waals surface area contributed by atoms with Crippen LogP contribution in [0.2, 0.25) is 0 Å². The number of piperidine rings is 1. The lowest BCUT2D eigenvalue weighted by molar-refractivity contribution is 0.0574. The predicted octanol–water partition coefficient (Wildman–Crippen LogP) is 2.84. The molecule has 0 bridgehead atoms. The summed E-state index contributed by atoms with van der Waals surface area (Å²) in [5, 5.41) is 0. The summed E-state index contributed by atoms with van der Waals surface area (Å²) in [4.78, 5) is 14.5. The molecule has 1 fully saturated rings. The highest BCUT2D eigenvalue weighted by molar-refractivity contribution is 5.95. The van der Waals surface area contributed by atoms with E-state index in [1.54, 1.807) is 6.07 Å². The maximum atomic E-state index is 12.5. The number of carbonyl (C=O) groups is 1. The average Bonchev–Trinajstić information content (AvgIpc) is 2.35. The number of aryl methyl sites for hydroxylation is 1. The summed E-state index contributed by atoms with van der Waals surface area (Å²) < 4.78 is 0. The summed E-state index contributed by atoms with van der Waals surface area (Å²) in [5.41, 5.74) is 8.30. The van der Waals surface area contributed by atoms with Crippen LogP contribution in [-0.2, 0) is 0 Å². The van der Waals surface area contributed by atoms with E-state index in [9.17, 15) is 4.79 Å². The molecule has 0 aromatic heterocycles. The highest BCUT2D eigenvalue weighted by Crippen LogP contribution is 2.24. The van der Waals surface area contributed by atoms with Crippen LogP contribution in [0.3, 0.4) is 0 Å². The van der Waals surface area contributed by atoms with Gasteiger partial charge in [0.15, 0.2) is 0 Å². The van der Waals surface area contributed by atoms with Crippen molar-refractivity contribution in [3.8, 4) is 0 Å². The number of nitrogens with two attached hydrogens (primary N) is 1. The average molecular weight is 246 g/mol. The Balaban J connectivity index is 2.21. The van der Waals surface area contributed by atoms with Gasteiger partial charge in [0.2, 0.25) is 0 Å². The molecule has 2 N–H and O–H groups in total. The second kappa shape index (κ2) is 5.01. The molecule has 3 heteroatoms. The van der Waals surface area contributed by atoms with Gasteiger partial charge in [0.05, 0.1) is 0 Å². The van der Waals surface area contributed by atoms with Crippen LogP contribution in [0, 0.1) is 12.8 Å². The highest BCUT2D eigenvalue weighted by atomic mass is 16.2. The van der Waals surface area contributed by atoms with Crippen LogP contribution in [0.15, 0.2) is 18.2 Å². The second-order valence-corrected chi connectivity index (χ2v) is 5.56. The molecule has 1 aromatic rings. The number of carbonyl (C=O) groups excluding carboxylic acids is 1. The molecule has 18 heavy (non-hydrogen) atoms. The van der Waals surface area contributed by atoms with Crippen molar-refractivity contribution in [3.05, 3.63) is 29.3 Å². The molecular weight excluding hydrogens is 224 g/mol. The molecule has 98 valence electrons. The summed E-state index contributed by atoms with van der Waals surface area (Å²) in [6.45, 7) is 7.14. The Labute approximate surface area is 109 Å². The van der Waals surface area contributed by atoms with E-state index in [1.807, 2.05) is 24.0 Å². The minimum Gasteiger partial charge on any atom is -0.398 e. The maximum Gasteiger partial charge on any atom is 0.254 e. The van der Waals surface area contributed by atoms with Gasteiger partial charge in [0, 0.05) is 23.8 Å². The van der Waals surface area contributed by atoms with E-state index in [-0.39, 0.29) is 5.91 Å². The number of hydrogen-bond acceptors (Lipinski definition) is 2. The SMILES string of the molecule is Cc1ccc(C(=O)N2CC(C)CCC2C)cc1N. The van der Waals surface area contributed by atoms with Crippen LogP contribution in [0.5, 0.6) is 0 Å². The van der Waals surface area contributed by atoms with E-state index in [0.29, 0.717) is 23.2 Å². The Morgan fingerprint density at radius 2 is 2.06 bits per heavy atom. The van der Waals surface area contributed by atoms with Crippen LogP contribution < -0.4 is 5.73 Å². The summed E-state index contributed by atoms with van der Waals surface area (Å²) >= 11 is 0. The molecule has 0 aliphatic carbocycles. The van der Waals surface area contributed by atoms with Crippen molar-refractivity contribution in [1.82, 2.24) is 4.90 Å².